The Kier molecular flexibility index (Phi) is 7.94. The molecular formula is C20H25ClN4O2S. The number of halogens is 1. The number of nitrogens with one attached hydrogen (secondary N) is 2. The molecule has 0 saturated carbocycles. The van der Waals surface area contributed by atoms with Crippen molar-refractivity contribution in [1.82, 2.24) is 20.6 Å². The smallest absolute Gasteiger partial charge is 0.260 e. The molecule has 0 aliphatic carbocycles. The van der Waals surface area contributed by atoms with Crippen molar-refractivity contribution in [2.24, 2.45) is 5.92 Å². The summed E-state index contributed by atoms with van der Waals surface area (Å²) in [6.07, 6.45) is 5.09. The Labute approximate surface area is 174 Å². The van der Waals surface area contributed by atoms with Crippen LogP contribution < -0.4 is 15.4 Å². The van der Waals surface area contributed by atoms with Crippen molar-refractivity contribution in [1.29, 1.82) is 0 Å². The van der Waals surface area contributed by atoms with E-state index in [9.17, 15) is 4.79 Å². The van der Waals surface area contributed by atoms with Crippen molar-refractivity contribution in [3.63, 3.8) is 0 Å². The second-order valence-corrected chi connectivity index (χ2v) is 7.81. The second-order valence-electron chi connectivity index (χ2n) is 6.68. The molecule has 6 nitrogen and oxygen atoms in total. The van der Waals surface area contributed by atoms with Crippen LogP contribution in [0.1, 0.15) is 35.2 Å². The van der Waals surface area contributed by atoms with Gasteiger partial charge in [-0.15, -0.1) is 0 Å². The molecule has 0 bridgehead atoms. The molecule has 2 aromatic rings. The number of benzene rings is 1. The molecule has 2 N–H and O–H groups in total. The van der Waals surface area contributed by atoms with Crippen LogP contribution in [0.25, 0.3) is 0 Å². The predicted octanol–water partition coefficient (Wildman–Crippen LogP) is 3.55. The number of rotatable bonds is 8. The molecule has 2 heterocycles. The Bertz CT molecular complexity index is 785. The predicted molar refractivity (Wildman–Crippen MR) is 112 cm³/mol. The Morgan fingerprint density at radius 3 is 2.75 bits per heavy atom. The number of thioether (sulfide) groups is 1. The van der Waals surface area contributed by atoms with E-state index < -0.39 is 0 Å². The lowest BCUT2D eigenvalue weighted by atomic mass is 9.95. The lowest BCUT2D eigenvalue weighted by molar-refractivity contribution is 0.0944. The van der Waals surface area contributed by atoms with Gasteiger partial charge in [-0.3, -0.25) is 4.79 Å². The number of piperidine rings is 1. The highest BCUT2D eigenvalue weighted by Crippen LogP contribution is 2.27. The quantitative estimate of drug-likeness (QED) is 0.386. The van der Waals surface area contributed by atoms with Crippen LogP contribution >= 0.6 is 23.4 Å². The van der Waals surface area contributed by atoms with Gasteiger partial charge in [0.2, 0.25) is 5.88 Å². The fourth-order valence-corrected chi connectivity index (χ4v) is 3.80. The standard InChI is InChI=1S/C20H25ClN4O2S/c1-28-20-24-17(21)16(18(26)23-13-15-5-3-2-4-6-15)19(25-20)27-12-9-14-7-10-22-11-8-14/h2-6,14,22H,7-13H2,1H3,(H,23,26). The second kappa shape index (κ2) is 10.6. The molecule has 0 radical (unpaired) electrons. The van der Waals surface area contributed by atoms with E-state index in [1.807, 2.05) is 36.6 Å². The first kappa shape index (κ1) is 20.9. The summed E-state index contributed by atoms with van der Waals surface area (Å²) in [5.74, 6) is 0.552. The number of carbonyl (C=O) groups is 1. The van der Waals surface area contributed by atoms with Crippen molar-refractivity contribution in [3.8, 4) is 5.88 Å². The summed E-state index contributed by atoms with van der Waals surface area (Å²) in [5, 5.41) is 6.84. The molecule has 1 aromatic heterocycles. The molecule has 8 heteroatoms. The fraction of sp³-hybridized carbons (Fsp3) is 0.450. The summed E-state index contributed by atoms with van der Waals surface area (Å²) in [6.45, 7) is 3.00. The highest BCUT2D eigenvalue weighted by atomic mass is 35.5. The number of carbonyl (C=O) groups excluding carboxylic acids is 1. The van der Waals surface area contributed by atoms with E-state index in [1.54, 1.807) is 0 Å². The van der Waals surface area contributed by atoms with Gasteiger partial charge in [0, 0.05) is 6.54 Å². The third kappa shape index (κ3) is 5.83. The zero-order chi connectivity index (χ0) is 19.8. The third-order valence-corrected chi connectivity index (χ3v) is 5.56. The molecule has 1 fully saturated rings. The van der Waals surface area contributed by atoms with Gasteiger partial charge in [0.1, 0.15) is 10.7 Å². The largest absolute Gasteiger partial charge is 0.477 e. The molecular weight excluding hydrogens is 396 g/mol. The van der Waals surface area contributed by atoms with Crippen LogP contribution in [-0.2, 0) is 6.54 Å². The molecule has 1 aliphatic rings. The first-order valence-electron chi connectivity index (χ1n) is 9.44. The average Bonchev–Trinajstić information content (AvgIpc) is 2.73. The van der Waals surface area contributed by atoms with Crippen molar-refractivity contribution in [2.45, 2.75) is 31.0 Å². The molecule has 1 aromatic carbocycles. The lowest BCUT2D eigenvalue weighted by Crippen LogP contribution is -2.28. The van der Waals surface area contributed by atoms with E-state index in [2.05, 4.69) is 20.6 Å². The van der Waals surface area contributed by atoms with Gasteiger partial charge in [0.15, 0.2) is 5.16 Å². The van der Waals surface area contributed by atoms with Gasteiger partial charge in [-0.05, 0) is 50.1 Å². The zero-order valence-corrected chi connectivity index (χ0v) is 17.5. The Morgan fingerprint density at radius 1 is 1.29 bits per heavy atom. The molecule has 150 valence electrons. The third-order valence-electron chi connectivity index (χ3n) is 4.74. The van der Waals surface area contributed by atoms with Crippen LogP contribution in [0.5, 0.6) is 5.88 Å². The summed E-state index contributed by atoms with van der Waals surface area (Å²) >= 11 is 7.67. The maximum atomic E-state index is 12.8. The van der Waals surface area contributed by atoms with Gasteiger partial charge in [-0.25, -0.2) is 4.98 Å². The topological polar surface area (TPSA) is 76.1 Å². The van der Waals surface area contributed by atoms with Crippen LogP contribution in [0, 0.1) is 5.92 Å². The lowest BCUT2D eigenvalue weighted by Gasteiger charge is -2.22. The van der Waals surface area contributed by atoms with Gasteiger partial charge >= 0.3 is 0 Å². The number of ether oxygens (including phenoxy) is 1. The number of amides is 1. The molecule has 3 rings (SSSR count). The molecule has 0 spiro atoms. The Morgan fingerprint density at radius 2 is 2.04 bits per heavy atom. The van der Waals surface area contributed by atoms with Crippen molar-refractivity contribution < 1.29 is 9.53 Å². The summed E-state index contributed by atoms with van der Waals surface area (Å²) in [7, 11) is 0. The minimum Gasteiger partial charge on any atom is -0.477 e. The van der Waals surface area contributed by atoms with Crippen molar-refractivity contribution in [2.75, 3.05) is 26.0 Å². The number of nitrogens with zero attached hydrogens (tertiary/aromatic N) is 2. The van der Waals surface area contributed by atoms with Crippen LogP contribution in [0.3, 0.4) is 0 Å². The zero-order valence-electron chi connectivity index (χ0n) is 15.9. The maximum absolute atomic E-state index is 12.8. The summed E-state index contributed by atoms with van der Waals surface area (Å²) in [4.78, 5) is 21.3. The summed E-state index contributed by atoms with van der Waals surface area (Å²) in [5.41, 5.74) is 1.20. The molecule has 1 saturated heterocycles. The van der Waals surface area contributed by atoms with Gasteiger partial charge in [-0.2, -0.15) is 4.98 Å². The summed E-state index contributed by atoms with van der Waals surface area (Å²) in [6, 6.07) is 9.70. The SMILES string of the molecule is CSc1nc(Cl)c(C(=O)NCc2ccccc2)c(OCCC2CCNCC2)n1. The highest BCUT2D eigenvalue weighted by Gasteiger charge is 2.22. The van der Waals surface area contributed by atoms with Gasteiger partial charge < -0.3 is 15.4 Å². The molecule has 1 aliphatic heterocycles. The van der Waals surface area contributed by atoms with Crippen LogP contribution in [0.2, 0.25) is 5.15 Å². The normalized spacial score (nSPS) is 14.6. The summed E-state index contributed by atoms with van der Waals surface area (Å²) < 4.78 is 5.91. The van der Waals surface area contributed by atoms with E-state index in [4.69, 9.17) is 16.3 Å². The van der Waals surface area contributed by atoms with E-state index in [0.29, 0.717) is 24.2 Å². The first-order chi connectivity index (χ1) is 13.7. The van der Waals surface area contributed by atoms with E-state index >= 15 is 0 Å². The van der Waals surface area contributed by atoms with Gasteiger partial charge in [-0.1, -0.05) is 53.7 Å². The minimum atomic E-state index is -0.335. The molecule has 0 unspecified atom stereocenters. The minimum absolute atomic E-state index is 0.113. The fourth-order valence-electron chi connectivity index (χ4n) is 3.14. The van der Waals surface area contributed by atoms with E-state index in [1.165, 1.54) is 11.8 Å². The molecule has 28 heavy (non-hydrogen) atoms. The van der Waals surface area contributed by atoms with Crippen LogP contribution in [0.4, 0.5) is 0 Å². The van der Waals surface area contributed by atoms with Crippen molar-refractivity contribution >= 4 is 29.3 Å². The molecule has 1 amide bonds. The van der Waals surface area contributed by atoms with Crippen molar-refractivity contribution in [3.05, 3.63) is 46.6 Å². The number of hydrogen-bond acceptors (Lipinski definition) is 6. The first-order valence-corrected chi connectivity index (χ1v) is 11.0. The Balaban J connectivity index is 1.68. The molecule has 0 atom stereocenters. The van der Waals surface area contributed by atoms with Crippen LogP contribution in [-0.4, -0.2) is 41.8 Å². The van der Waals surface area contributed by atoms with E-state index in [0.717, 1.165) is 37.9 Å². The van der Waals surface area contributed by atoms with Gasteiger partial charge in [0.25, 0.3) is 5.91 Å². The number of hydrogen-bond donors (Lipinski definition) is 2. The van der Waals surface area contributed by atoms with E-state index in [-0.39, 0.29) is 22.5 Å². The average molecular weight is 421 g/mol. The highest BCUT2D eigenvalue weighted by molar-refractivity contribution is 7.98. The monoisotopic (exact) mass is 420 g/mol. The maximum Gasteiger partial charge on any atom is 0.260 e. The number of aromatic nitrogens is 2. The van der Waals surface area contributed by atoms with Crippen LogP contribution in [0.15, 0.2) is 35.5 Å². The van der Waals surface area contributed by atoms with Gasteiger partial charge in [0.05, 0.1) is 6.61 Å². The Hall–Kier alpha value is -1.83.